The first-order chi connectivity index (χ1) is 9.11. The quantitative estimate of drug-likeness (QED) is 0.776. The summed E-state index contributed by atoms with van der Waals surface area (Å²) in [5.41, 5.74) is 4.53. The number of benzene rings is 1. The van der Waals surface area contributed by atoms with E-state index >= 15 is 0 Å². The Bertz CT molecular complexity index is 490. The van der Waals surface area contributed by atoms with Gasteiger partial charge in [-0.1, -0.05) is 24.9 Å². The highest BCUT2D eigenvalue weighted by atomic mass is 35.5. The minimum Gasteiger partial charge on any atom is -0.341 e. The Morgan fingerprint density at radius 3 is 2.74 bits per heavy atom. The van der Waals surface area contributed by atoms with Crippen LogP contribution < -0.4 is 15.8 Å². The van der Waals surface area contributed by atoms with Gasteiger partial charge in [-0.2, -0.15) is 0 Å². The van der Waals surface area contributed by atoms with E-state index < -0.39 is 0 Å². The van der Waals surface area contributed by atoms with Gasteiger partial charge in [0.25, 0.3) is 0 Å². The molecule has 1 aliphatic heterocycles. The van der Waals surface area contributed by atoms with Gasteiger partial charge in [-0.05, 0) is 61.7 Å². The van der Waals surface area contributed by atoms with Crippen molar-refractivity contribution < 1.29 is 0 Å². The number of hydrogen-bond donors (Lipinski definition) is 2. The molecule has 0 radical (unpaired) electrons. The molecule has 1 saturated heterocycles. The summed E-state index contributed by atoms with van der Waals surface area (Å²) in [6.45, 7) is 2.28. The van der Waals surface area contributed by atoms with Gasteiger partial charge in [-0.3, -0.25) is 5.01 Å². The number of nitrogens with one attached hydrogen (secondary N) is 2. The number of thiocarbonyl (C=S) groups is 1. The predicted molar refractivity (Wildman–Crippen MR) is 83.2 cm³/mol. The van der Waals surface area contributed by atoms with Crippen LogP contribution in [0, 0.1) is 5.92 Å². The van der Waals surface area contributed by atoms with E-state index in [4.69, 9.17) is 23.8 Å². The van der Waals surface area contributed by atoms with Crippen molar-refractivity contribution in [3.05, 3.63) is 29.3 Å². The number of hydrazine groups is 1. The van der Waals surface area contributed by atoms with Gasteiger partial charge in [0.1, 0.15) is 5.66 Å². The molecule has 1 heterocycles. The standard InChI is InChI=1S/C14H18ClN3S/c1-10-4-2-3-9-14(10)16-13(19)18(17-14)12-7-5-11(15)6-8-12/h5-8,10,17H,2-4,9H2,1H3,(H,16,19)/t10-,14-/m0/s1. The lowest BCUT2D eigenvalue weighted by Gasteiger charge is -2.39. The summed E-state index contributed by atoms with van der Waals surface area (Å²) < 4.78 is 0. The van der Waals surface area contributed by atoms with E-state index in [0.717, 1.165) is 22.2 Å². The molecule has 0 amide bonds. The Balaban J connectivity index is 1.85. The fraction of sp³-hybridized carbons (Fsp3) is 0.500. The van der Waals surface area contributed by atoms with Crippen LogP contribution in [-0.4, -0.2) is 10.8 Å². The molecule has 3 nitrogen and oxygen atoms in total. The van der Waals surface area contributed by atoms with Crippen molar-refractivity contribution in [1.29, 1.82) is 0 Å². The van der Waals surface area contributed by atoms with Crippen LogP contribution in [0.25, 0.3) is 0 Å². The third-order valence-electron chi connectivity index (χ3n) is 4.23. The van der Waals surface area contributed by atoms with Gasteiger partial charge < -0.3 is 5.32 Å². The third-order valence-corrected chi connectivity index (χ3v) is 4.77. The SMILES string of the molecule is C[C@H]1CCCC[C@@]12NC(=S)N(c1ccc(Cl)cc1)N2. The maximum Gasteiger partial charge on any atom is 0.189 e. The fourth-order valence-electron chi connectivity index (χ4n) is 3.00. The molecule has 3 rings (SSSR count). The molecule has 2 atom stereocenters. The molecule has 2 fully saturated rings. The Hall–Kier alpha value is -0.840. The van der Waals surface area contributed by atoms with E-state index in [1.807, 2.05) is 29.3 Å². The Kier molecular flexibility index (Phi) is 3.41. The molecule has 2 N–H and O–H groups in total. The molecule has 0 aromatic heterocycles. The van der Waals surface area contributed by atoms with Crippen LogP contribution in [0.1, 0.15) is 32.6 Å². The van der Waals surface area contributed by atoms with Crippen LogP contribution in [0.2, 0.25) is 5.02 Å². The Morgan fingerprint density at radius 1 is 1.32 bits per heavy atom. The second-order valence-electron chi connectivity index (χ2n) is 5.47. The first-order valence-electron chi connectivity index (χ1n) is 6.76. The zero-order valence-electron chi connectivity index (χ0n) is 10.9. The first kappa shape index (κ1) is 13.2. The maximum absolute atomic E-state index is 5.93. The van der Waals surface area contributed by atoms with Crippen molar-refractivity contribution in [3.8, 4) is 0 Å². The van der Waals surface area contributed by atoms with Crippen molar-refractivity contribution in [2.24, 2.45) is 5.92 Å². The first-order valence-corrected chi connectivity index (χ1v) is 7.55. The van der Waals surface area contributed by atoms with Crippen LogP contribution in [-0.2, 0) is 0 Å². The average Bonchev–Trinajstić information content (AvgIpc) is 2.73. The Morgan fingerprint density at radius 2 is 2.05 bits per heavy atom. The van der Waals surface area contributed by atoms with Crippen LogP contribution in [0.3, 0.4) is 0 Å². The molecule has 1 saturated carbocycles. The third kappa shape index (κ3) is 2.33. The van der Waals surface area contributed by atoms with Crippen molar-refractivity contribution in [2.75, 3.05) is 5.01 Å². The number of anilines is 1. The lowest BCUT2D eigenvalue weighted by atomic mass is 9.81. The Labute approximate surface area is 124 Å². The number of hydrogen-bond acceptors (Lipinski definition) is 2. The minimum absolute atomic E-state index is 0.0744. The number of halogens is 1. The van der Waals surface area contributed by atoms with Gasteiger partial charge >= 0.3 is 0 Å². The molecule has 0 unspecified atom stereocenters. The van der Waals surface area contributed by atoms with Gasteiger partial charge in [0, 0.05) is 5.02 Å². The molecule has 5 heteroatoms. The van der Waals surface area contributed by atoms with Crippen molar-refractivity contribution in [3.63, 3.8) is 0 Å². The van der Waals surface area contributed by atoms with E-state index in [-0.39, 0.29) is 5.66 Å². The minimum atomic E-state index is -0.0744. The second-order valence-corrected chi connectivity index (χ2v) is 6.30. The molecule has 1 aliphatic carbocycles. The maximum atomic E-state index is 5.93. The molecular weight excluding hydrogens is 278 g/mol. The van der Waals surface area contributed by atoms with Crippen molar-refractivity contribution in [2.45, 2.75) is 38.3 Å². The largest absolute Gasteiger partial charge is 0.341 e. The van der Waals surface area contributed by atoms with Gasteiger partial charge in [-0.25, -0.2) is 5.43 Å². The molecule has 19 heavy (non-hydrogen) atoms. The summed E-state index contributed by atoms with van der Waals surface area (Å²) in [6, 6.07) is 7.73. The second kappa shape index (κ2) is 4.93. The summed E-state index contributed by atoms with van der Waals surface area (Å²) >= 11 is 11.4. The van der Waals surface area contributed by atoms with Crippen molar-refractivity contribution in [1.82, 2.24) is 10.7 Å². The molecule has 2 aliphatic rings. The van der Waals surface area contributed by atoms with E-state index in [1.54, 1.807) is 0 Å². The lowest BCUT2D eigenvalue weighted by Crippen LogP contribution is -2.57. The zero-order valence-corrected chi connectivity index (χ0v) is 12.5. The molecule has 102 valence electrons. The highest BCUT2D eigenvalue weighted by Crippen LogP contribution is 2.35. The van der Waals surface area contributed by atoms with Crippen LogP contribution >= 0.6 is 23.8 Å². The van der Waals surface area contributed by atoms with E-state index in [1.165, 1.54) is 19.3 Å². The van der Waals surface area contributed by atoms with Crippen LogP contribution in [0.5, 0.6) is 0 Å². The summed E-state index contributed by atoms with van der Waals surface area (Å²) in [6.07, 6.45) is 4.89. The van der Waals surface area contributed by atoms with Gasteiger partial charge in [0.15, 0.2) is 5.11 Å². The highest BCUT2D eigenvalue weighted by Gasteiger charge is 2.45. The van der Waals surface area contributed by atoms with Gasteiger partial charge in [0.05, 0.1) is 5.69 Å². The molecule has 1 spiro atoms. The van der Waals surface area contributed by atoms with Gasteiger partial charge in [0.2, 0.25) is 0 Å². The summed E-state index contributed by atoms with van der Waals surface area (Å²) in [4.78, 5) is 0. The normalized spacial score (nSPS) is 30.7. The van der Waals surface area contributed by atoms with E-state index in [0.29, 0.717) is 5.92 Å². The van der Waals surface area contributed by atoms with Crippen LogP contribution in [0.15, 0.2) is 24.3 Å². The highest BCUT2D eigenvalue weighted by molar-refractivity contribution is 7.80. The van der Waals surface area contributed by atoms with Crippen molar-refractivity contribution >= 4 is 34.6 Å². The summed E-state index contributed by atoms with van der Waals surface area (Å²) in [5, 5.41) is 6.95. The van der Waals surface area contributed by atoms with Crippen LogP contribution in [0.4, 0.5) is 5.69 Å². The molecule has 0 bridgehead atoms. The smallest absolute Gasteiger partial charge is 0.189 e. The summed E-state index contributed by atoms with van der Waals surface area (Å²) in [7, 11) is 0. The molecule has 1 aromatic carbocycles. The topological polar surface area (TPSA) is 27.3 Å². The fourth-order valence-corrected chi connectivity index (χ4v) is 3.46. The monoisotopic (exact) mass is 295 g/mol. The lowest BCUT2D eigenvalue weighted by molar-refractivity contribution is 0.158. The van der Waals surface area contributed by atoms with E-state index in [2.05, 4.69) is 17.7 Å². The summed E-state index contributed by atoms with van der Waals surface area (Å²) in [5.74, 6) is 0.566. The number of nitrogens with zero attached hydrogens (tertiary/aromatic N) is 1. The van der Waals surface area contributed by atoms with Gasteiger partial charge in [-0.15, -0.1) is 0 Å². The zero-order chi connectivity index (χ0) is 13.5. The number of rotatable bonds is 1. The molecular formula is C14H18ClN3S. The predicted octanol–water partition coefficient (Wildman–Crippen LogP) is 3.45. The van der Waals surface area contributed by atoms with E-state index in [9.17, 15) is 0 Å². The molecule has 1 aromatic rings. The average molecular weight is 296 g/mol.